The Labute approximate surface area is 154 Å². The summed E-state index contributed by atoms with van der Waals surface area (Å²) < 4.78 is 11.4. The van der Waals surface area contributed by atoms with E-state index >= 15 is 0 Å². The highest BCUT2D eigenvalue weighted by Crippen LogP contribution is 2.51. The topological polar surface area (TPSA) is 84.9 Å². The molecular formula is C20H29NO5. The lowest BCUT2D eigenvalue weighted by Crippen LogP contribution is -2.76. The molecule has 6 nitrogen and oxygen atoms in total. The number of carboxylic acids is 1. The van der Waals surface area contributed by atoms with Gasteiger partial charge in [-0.05, 0) is 52.0 Å². The van der Waals surface area contributed by atoms with Gasteiger partial charge in [-0.25, -0.2) is 4.79 Å². The molecule has 1 fully saturated rings. The van der Waals surface area contributed by atoms with Crippen molar-refractivity contribution in [3.05, 3.63) is 29.8 Å². The molecule has 144 valence electrons. The molecule has 1 saturated carbocycles. The number of carbonyl (C=O) groups is 2. The number of benzene rings is 1. The van der Waals surface area contributed by atoms with Crippen LogP contribution < -0.4 is 10.1 Å². The van der Waals surface area contributed by atoms with E-state index in [0.29, 0.717) is 17.9 Å². The molecule has 1 amide bonds. The smallest absolute Gasteiger partial charge is 0.330 e. The van der Waals surface area contributed by atoms with Gasteiger partial charge in [0.15, 0.2) is 0 Å². The number of ether oxygens (including phenoxy) is 2. The van der Waals surface area contributed by atoms with Gasteiger partial charge in [0.2, 0.25) is 0 Å². The Hall–Kier alpha value is -2.08. The van der Waals surface area contributed by atoms with Gasteiger partial charge in [-0.2, -0.15) is 0 Å². The summed E-state index contributed by atoms with van der Waals surface area (Å²) in [7, 11) is 0. The maximum atomic E-state index is 12.7. The molecule has 0 saturated heterocycles. The van der Waals surface area contributed by atoms with Crippen molar-refractivity contribution in [1.29, 1.82) is 0 Å². The summed E-state index contributed by atoms with van der Waals surface area (Å²) in [5.41, 5.74) is -1.99. The van der Waals surface area contributed by atoms with Gasteiger partial charge in [0.25, 0.3) is 5.91 Å². The van der Waals surface area contributed by atoms with Gasteiger partial charge in [0.1, 0.15) is 16.9 Å². The number of nitrogens with one attached hydrogen (secondary N) is 1. The summed E-state index contributed by atoms with van der Waals surface area (Å²) in [5.74, 6) is -0.806. The summed E-state index contributed by atoms with van der Waals surface area (Å²) in [6.45, 7) is 11.8. The van der Waals surface area contributed by atoms with Gasteiger partial charge in [-0.1, -0.05) is 13.8 Å². The van der Waals surface area contributed by atoms with Crippen molar-refractivity contribution in [2.45, 2.75) is 65.2 Å². The Morgan fingerprint density at radius 2 is 1.81 bits per heavy atom. The fourth-order valence-corrected chi connectivity index (χ4v) is 3.33. The minimum absolute atomic E-state index is 0.202. The van der Waals surface area contributed by atoms with Gasteiger partial charge >= 0.3 is 5.97 Å². The Bertz CT molecular complexity index is 674. The van der Waals surface area contributed by atoms with Crippen LogP contribution in [0.4, 0.5) is 0 Å². The molecule has 1 aromatic rings. The second kappa shape index (κ2) is 6.91. The van der Waals surface area contributed by atoms with Crippen molar-refractivity contribution in [3.8, 4) is 5.75 Å². The van der Waals surface area contributed by atoms with E-state index < -0.39 is 22.8 Å². The lowest BCUT2D eigenvalue weighted by atomic mass is 9.54. The van der Waals surface area contributed by atoms with E-state index in [-0.39, 0.29) is 18.1 Å². The molecule has 0 aromatic heterocycles. The second-order valence-electron chi connectivity index (χ2n) is 8.27. The standard InChI is InChI=1S/C20H29NO5/c1-7-25-15-12-20(17(23)24,19(15,5)6)21-16(22)13-8-10-14(11-9-13)26-18(2,3)4/h8-11,15H,7,12H2,1-6H3,(H,21,22)(H,23,24). The largest absolute Gasteiger partial charge is 0.488 e. The fraction of sp³-hybridized carbons (Fsp3) is 0.600. The Balaban J connectivity index is 2.16. The van der Waals surface area contributed by atoms with Gasteiger partial charge in [0.05, 0.1) is 6.10 Å². The van der Waals surface area contributed by atoms with Crippen molar-refractivity contribution in [2.24, 2.45) is 5.41 Å². The predicted octanol–water partition coefficient (Wildman–Crippen LogP) is 3.25. The van der Waals surface area contributed by atoms with Gasteiger partial charge < -0.3 is 19.9 Å². The molecule has 2 atom stereocenters. The van der Waals surface area contributed by atoms with Crippen molar-refractivity contribution < 1.29 is 24.2 Å². The van der Waals surface area contributed by atoms with Crippen LogP contribution in [0.3, 0.4) is 0 Å². The minimum Gasteiger partial charge on any atom is -0.488 e. The van der Waals surface area contributed by atoms with Crippen molar-refractivity contribution in [2.75, 3.05) is 6.61 Å². The van der Waals surface area contributed by atoms with Gasteiger partial charge in [0, 0.05) is 24.0 Å². The average Bonchev–Trinajstić information content (AvgIpc) is 2.52. The van der Waals surface area contributed by atoms with Crippen molar-refractivity contribution in [3.63, 3.8) is 0 Å². The number of carbonyl (C=O) groups excluding carboxylic acids is 1. The maximum absolute atomic E-state index is 12.7. The number of rotatable bonds is 6. The summed E-state index contributed by atoms with van der Waals surface area (Å²) in [6, 6.07) is 6.69. The third-order valence-corrected chi connectivity index (χ3v) is 5.00. The van der Waals surface area contributed by atoms with Crippen molar-refractivity contribution >= 4 is 11.9 Å². The van der Waals surface area contributed by atoms with Crippen LogP contribution in [0.5, 0.6) is 5.75 Å². The zero-order chi connectivity index (χ0) is 19.8. The van der Waals surface area contributed by atoms with Crippen LogP contribution in [0.1, 0.15) is 58.3 Å². The molecule has 0 radical (unpaired) electrons. The van der Waals surface area contributed by atoms with Gasteiger partial charge in [-0.15, -0.1) is 0 Å². The molecule has 0 heterocycles. The van der Waals surface area contributed by atoms with Crippen LogP contribution >= 0.6 is 0 Å². The number of amides is 1. The van der Waals surface area contributed by atoms with Gasteiger partial charge in [-0.3, -0.25) is 4.79 Å². The minimum atomic E-state index is -1.34. The highest BCUT2D eigenvalue weighted by Gasteiger charge is 2.66. The lowest BCUT2D eigenvalue weighted by molar-refractivity contribution is -0.190. The maximum Gasteiger partial charge on any atom is 0.330 e. The fourth-order valence-electron chi connectivity index (χ4n) is 3.33. The molecule has 0 bridgehead atoms. The summed E-state index contributed by atoms with van der Waals surface area (Å²) >= 11 is 0. The number of carboxylic acid groups (broad SMARTS) is 1. The number of hydrogen-bond donors (Lipinski definition) is 2. The predicted molar refractivity (Wildman–Crippen MR) is 98.5 cm³/mol. The third kappa shape index (κ3) is 3.70. The highest BCUT2D eigenvalue weighted by molar-refractivity contribution is 5.98. The lowest BCUT2D eigenvalue weighted by Gasteiger charge is -2.58. The molecule has 1 aromatic carbocycles. The molecule has 2 rings (SSSR count). The average molecular weight is 363 g/mol. The van der Waals surface area contributed by atoms with Crippen LogP contribution in [-0.2, 0) is 9.53 Å². The zero-order valence-electron chi connectivity index (χ0n) is 16.4. The molecule has 0 spiro atoms. The van der Waals surface area contributed by atoms with Crippen LogP contribution in [-0.4, -0.2) is 40.8 Å². The van der Waals surface area contributed by atoms with E-state index in [1.165, 1.54) is 0 Å². The Morgan fingerprint density at radius 1 is 1.23 bits per heavy atom. The monoisotopic (exact) mass is 363 g/mol. The molecule has 1 aliphatic rings. The van der Waals surface area contributed by atoms with Crippen LogP contribution in [0.2, 0.25) is 0 Å². The Kier molecular flexibility index (Phi) is 5.38. The normalized spacial score (nSPS) is 24.5. The number of aliphatic carboxylic acids is 1. The molecule has 2 unspecified atom stereocenters. The van der Waals surface area contributed by atoms with Crippen LogP contribution in [0.25, 0.3) is 0 Å². The highest BCUT2D eigenvalue weighted by atomic mass is 16.5. The van der Waals surface area contributed by atoms with Crippen LogP contribution in [0, 0.1) is 5.41 Å². The molecular weight excluding hydrogens is 334 g/mol. The van der Waals surface area contributed by atoms with E-state index in [1.54, 1.807) is 24.3 Å². The quantitative estimate of drug-likeness (QED) is 0.810. The number of hydrogen-bond acceptors (Lipinski definition) is 4. The summed E-state index contributed by atoms with van der Waals surface area (Å²) in [5, 5.41) is 12.5. The second-order valence-corrected chi connectivity index (χ2v) is 8.27. The van der Waals surface area contributed by atoms with E-state index in [0.717, 1.165) is 0 Å². The van der Waals surface area contributed by atoms with E-state index in [4.69, 9.17) is 9.47 Å². The SMILES string of the molecule is CCOC1CC(NC(=O)c2ccc(OC(C)(C)C)cc2)(C(=O)O)C1(C)C. The first-order valence-electron chi connectivity index (χ1n) is 8.89. The van der Waals surface area contributed by atoms with E-state index in [9.17, 15) is 14.7 Å². The molecule has 26 heavy (non-hydrogen) atoms. The first kappa shape index (κ1) is 20.2. The Morgan fingerprint density at radius 3 is 2.23 bits per heavy atom. The molecule has 0 aliphatic heterocycles. The summed E-state index contributed by atoms with van der Waals surface area (Å²) in [4.78, 5) is 24.6. The van der Waals surface area contributed by atoms with Crippen molar-refractivity contribution in [1.82, 2.24) is 5.32 Å². The first-order chi connectivity index (χ1) is 11.9. The molecule has 6 heteroatoms. The summed E-state index contributed by atoms with van der Waals surface area (Å²) in [6.07, 6.45) is 0.0478. The van der Waals surface area contributed by atoms with Crippen LogP contribution in [0.15, 0.2) is 24.3 Å². The molecule has 2 N–H and O–H groups in total. The zero-order valence-corrected chi connectivity index (χ0v) is 16.4. The van der Waals surface area contributed by atoms with E-state index in [1.807, 2.05) is 41.5 Å². The third-order valence-electron chi connectivity index (χ3n) is 5.00. The molecule has 1 aliphatic carbocycles. The van der Waals surface area contributed by atoms with E-state index in [2.05, 4.69) is 5.32 Å². The first-order valence-corrected chi connectivity index (χ1v) is 8.89.